The van der Waals surface area contributed by atoms with Crippen LogP contribution in [0.25, 0.3) is 6.08 Å². The Morgan fingerprint density at radius 1 is 1.27 bits per heavy atom. The molecule has 8 heteroatoms. The minimum atomic E-state index is -0.583. The Balaban J connectivity index is 2.10. The number of nitrogens with zero attached hydrogens (tertiary/aromatic N) is 1. The Morgan fingerprint density at radius 2 is 2.04 bits per heavy atom. The number of nitrogens with one attached hydrogen (secondary N) is 1. The van der Waals surface area contributed by atoms with Gasteiger partial charge in [0.1, 0.15) is 0 Å². The molecule has 0 spiro atoms. The van der Waals surface area contributed by atoms with Crippen LogP contribution in [0.15, 0.2) is 48.5 Å². The summed E-state index contributed by atoms with van der Waals surface area (Å²) in [6.45, 7) is 1.88. The van der Waals surface area contributed by atoms with Gasteiger partial charge in [0.2, 0.25) is 5.91 Å². The molecule has 0 aliphatic heterocycles. The number of rotatable bonds is 6. The predicted molar refractivity (Wildman–Crippen MR) is 98.2 cm³/mol. The normalized spacial score (nSPS) is 10.5. The summed E-state index contributed by atoms with van der Waals surface area (Å²) in [6.07, 6.45) is 2.68. The maximum Gasteiger partial charge on any atom is 0.339 e. The summed E-state index contributed by atoms with van der Waals surface area (Å²) in [5, 5.41) is 13.6. The third-order valence-electron chi connectivity index (χ3n) is 3.24. The van der Waals surface area contributed by atoms with Crippen molar-refractivity contribution in [1.82, 2.24) is 0 Å². The monoisotopic (exact) mass is 374 g/mol. The first-order valence-electron chi connectivity index (χ1n) is 7.61. The van der Waals surface area contributed by atoms with Crippen LogP contribution < -0.4 is 5.32 Å². The second-order valence-corrected chi connectivity index (χ2v) is 5.50. The number of anilines is 1. The lowest BCUT2D eigenvalue weighted by Gasteiger charge is -2.07. The van der Waals surface area contributed by atoms with Crippen molar-refractivity contribution in [3.05, 3.63) is 74.8 Å². The molecule has 0 fully saturated rings. The van der Waals surface area contributed by atoms with Crippen LogP contribution in [-0.2, 0) is 9.53 Å². The number of benzene rings is 2. The molecule has 0 aromatic heterocycles. The van der Waals surface area contributed by atoms with Gasteiger partial charge < -0.3 is 10.1 Å². The topological polar surface area (TPSA) is 98.5 Å². The number of esters is 1. The number of nitro benzene ring substituents is 1. The molecule has 0 aliphatic carbocycles. The van der Waals surface area contributed by atoms with Crippen LogP contribution in [0.3, 0.4) is 0 Å². The predicted octanol–water partition coefficient (Wildman–Crippen LogP) is 4.08. The smallest absolute Gasteiger partial charge is 0.339 e. The molecule has 1 N–H and O–H groups in total. The van der Waals surface area contributed by atoms with Gasteiger partial charge in [-0.05, 0) is 36.8 Å². The van der Waals surface area contributed by atoms with Crippen LogP contribution in [0, 0.1) is 10.1 Å². The maximum absolute atomic E-state index is 12.0. The minimum Gasteiger partial charge on any atom is -0.462 e. The average molecular weight is 375 g/mol. The van der Waals surface area contributed by atoms with Gasteiger partial charge in [-0.25, -0.2) is 4.79 Å². The average Bonchev–Trinajstić information content (AvgIpc) is 2.62. The summed E-state index contributed by atoms with van der Waals surface area (Å²) in [7, 11) is 0. The summed E-state index contributed by atoms with van der Waals surface area (Å²) in [5.41, 5.74) is 0.960. The molecule has 0 unspecified atom stereocenters. The van der Waals surface area contributed by atoms with Gasteiger partial charge in [0, 0.05) is 23.9 Å². The number of hydrogen-bond acceptors (Lipinski definition) is 5. The quantitative estimate of drug-likeness (QED) is 0.355. The molecule has 0 radical (unpaired) electrons. The zero-order valence-corrected chi connectivity index (χ0v) is 14.5. The van der Waals surface area contributed by atoms with Crippen molar-refractivity contribution in [3.63, 3.8) is 0 Å². The van der Waals surface area contributed by atoms with Crippen molar-refractivity contribution in [2.24, 2.45) is 0 Å². The molecular formula is C18H15ClN2O5. The van der Waals surface area contributed by atoms with Crippen LogP contribution in [-0.4, -0.2) is 23.4 Å². The number of ether oxygens (including phenoxy) is 1. The van der Waals surface area contributed by atoms with Crippen LogP contribution >= 0.6 is 11.6 Å². The van der Waals surface area contributed by atoms with Crippen molar-refractivity contribution in [3.8, 4) is 0 Å². The lowest BCUT2D eigenvalue weighted by molar-refractivity contribution is -0.384. The summed E-state index contributed by atoms with van der Waals surface area (Å²) in [5.74, 6) is -1.05. The number of non-ortho nitro benzene ring substituents is 1. The summed E-state index contributed by atoms with van der Waals surface area (Å²) < 4.78 is 4.90. The van der Waals surface area contributed by atoms with E-state index in [4.69, 9.17) is 16.3 Å². The maximum atomic E-state index is 12.0. The molecule has 0 bridgehead atoms. The first kappa shape index (κ1) is 19.1. The second-order valence-electron chi connectivity index (χ2n) is 5.09. The Hall–Kier alpha value is -3.19. The van der Waals surface area contributed by atoms with E-state index >= 15 is 0 Å². The van der Waals surface area contributed by atoms with Gasteiger partial charge in [-0.15, -0.1) is 0 Å². The fourth-order valence-corrected chi connectivity index (χ4v) is 2.26. The highest BCUT2D eigenvalue weighted by molar-refractivity contribution is 6.33. The van der Waals surface area contributed by atoms with E-state index in [-0.39, 0.29) is 22.9 Å². The SMILES string of the molecule is CCOC(=O)c1cc(NC(=O)/C=C/c2cccc([N+](=O)[O-])c2)ccc1Cl. The molecule has 1 amide bonds. The van der Waals surface area contributed by atoms with Crippen molar-refractivity contribution in [2.75, 3.05) is 11.9 Å². The van der Waals surface area contributed by atoms with E-state index in [0.29, 0.717) is 11.3 Å². The van der Waals surface area contributed by atoms with Crippen molar-refractivity contribution in [2.45, 2.75) is 6.92 Å². The molecule has 0 atom stereocenters. The van der Waals surface area contributed by atoms with Crippen molar-refractivity contribution in [1.29, 1.82) is 0 Å². The van der Waals surface area contributed by atoms with Gasteiger partial charge in [0.15, 0.2) is 0 Å². The molecule has 0 saturated carbocycles. The van der Waals surface area contributed by atoms with E-state index < -0.39 is 16.8 Å². The molecule has 0 saturated heterocycles. The second kappa shape index (κ2) is 8.77. The van der Waals surface area contributed by atoms with Crippen LogP contribution in [0.5, 0.6) is 0 Å². The van der Waals surface area contributed by atoms with Gasteiger partial charge in [-0.1, -0.05) is 23.7 Å². The first-order chi connectivity index (χ1) is 12.4. The summed E-state index contributed by atoms with van der Waals surface area (Å²) >= 11 is 5.96. The molecule has 2 rings (SSSR count). The molecular weight excluding hydrogens is 360 g/mol. The standard InChI is InChI=1S/C18H15ClN2O5/c1-2-26-18(23)15-11-13(7-8-16(15)19)20-17(22)9-6-12-4-3-5-14(10-12)21(24)25/h3-11H,2H2,1H3,(H,20,22)/b9-6+. The third kappa shape index (κ3) is 5.15. The molecule has 26 heavy (non-hydrogen) atoms. The lowest BCUT2D eigenvalue weighted by Crippen LogP contribution is -2.10. The largest absolute Gasteiger partial charge is 0.462 e. The lowest BCUT2D eigenvalue weighted by atomic mass is 10.2. The third-order valence-corrected chi connectivity index (χ3v) is 3.57. The van der Waals surface area contributed by atoms with Crippen LogP contribution in [0.1, 0.15) is 22.8 Å². The fourth-order valence-electron chi connectivity index (χ4n) is 2.07. The molecule has 134 valence electrons. The number of carbonyl (C=O) groups is 2. The van der Waals surface area contributed by atoms with E-state index in [0.717, 1.165) is 0 Å². The van der Waals surface area contributed by atoms with Crippen molar-refractivity contribution < 1.29 is 19.2 Å². The highest BCUT2D eigenvalue weighted by Crippen LogP contribution is 2.22. The molecule has 0 heterocycles. The molecule has 7 nitrogen and oxygen atoms in total. The van der Waals surface area contributed by atoms with E-state index in [2.05, 4.69) is 5.32 Å². The van der Waals surface area contributed by atoms with E-state index in [1.54, 1.807) is 19.1 Å². The summed E-state index contributed by atoms with van der Waals surface area (Å²) in [6, 6.07) is 10.3. The molecule has 2 aromatic carbocycles. The van der Waals surface area contributed by atoms with Gasteiger partial charge in [-0.2, -0.15) is 0 Å². The molecule has 2 aromatic rings. The highest BCUT2D eigenvalue weighted by atomic mass is 35.5. The van der Waals surface area contributed by atoms with Crippen LogP contribution in [0.4, 0.5) is 11.4 Å². The van der Waals surface area contributed by atoms with Gasteiger partial charge in [-0.3, -0.25) is 14.9 Å². The fraction of sp³-hybridized carbons (Fsp3) is 0.111. The van der Waals surface area contributed by atoms with E-state index in [9.17, 15) is 19.7 Å². The zero-order chi connectivity index (χ0) is 19.1. The Kier molecular flexibility index (Phi) is 6.46. The molecule has 0 aliphatic rings. The highest BCUT2D eigenvalue weighted by Gasteiger charge is 2.13. The van der Waals surface area contributed by atoms with E-state index in [1.807, 2.05) is 0 Å². The van der Waals surface area contributed by atoms with Gasteiger partial charge in [0.05, 0.1) is 22.1 Å². The number of nitro groups is 1. The summed E-state index contributed by atoms with van der Waals surface area (Å²) in [4.78, 5) is 34.1. The van der Waals surface area contributed by atoms with E-state index in [1.165, 1.54) is 42.5 Å². The van der Waals surface area contributed by atoms with Gasteiger partial charge >= 0.3 is 5.97 Å². The number of hydrogen-bond donors (Lipinski definition) is 1. The van der Waals surface area contributed by atoms with Crippen LogP contribution in [0.2, 0.25) is 5.02 Å². The Labute approximate surface area is 154 Å². The van der Waals surface area contributed by atoms with Crippen molar-refractivity contribution >= 4 is 40.9 Å². The zero-order valence-electron chi connectivity index (χ0n) is 13.8. The Morgan fingerprint density at radius 3 is 2.73 bits per heavy atom. The Bertz CT molecular complexity index is 880. The number of halogens is 1. The number of carbonyl (C=O) groups excluding carboxylic acids is 2. The first-order valence-corrected chi connectivity index (χ1v) is 7.98. The number of amides is 1. The van der Waals surface area contributed by atoms with Gasteiger partial charge in [0.25, 0.3) is 5.69 Å². The minimum absolute atomic E-state index is 0.0654.